The number of hydrogen-bond donors (Lipinski definition) is 1. The molecule has 0 spiro atoms. The second-order valence-electron chi connectivity index (χ2n) is 18.3. The van der Waals surface area contributed by atoms with E-state index in [4.69, 9.17) is 9.84 Å². The Morgan fingerprint density at radius 3 is 0.607 bits per heavy atom. The number of carbonyl (C=O) groups excluding carboxylic acids is 2. The van der Waals surface area contributed by atoms with Crippen molar-refractivity contribution in [3.63, 3.8) is 0 Å². The van der Waals surface area contributed by atoms with Crippen molar-refractivity contribution in [2.24, 2.45) is 0 Å². The van der Waals surface area contributed by atoms with Crippen LogP contribution >= 0.6 is 0 Å². The van der Waals surface area contributed by atoms with E-state index in [0.717, 1.165) is 38.5 Å². The van der Waals surface area contributed by atoms with E-state index in [2.05, 4.69) is 20.8 Å². The smallest absolute Gasteiger partial charge is 1.00 e. The number of carbonyl (C=O) groups is 3. The molecule has 5 nitrogen and oxygen atoms in total. The number of unbranched alkanes of at least 4 members (excludes halogenated alkanes) is 42. The van der Waals surface area contributed by atoms with Gasteiger partial charge in [0.1, 0.15) is 0 Å². The number of rotatable bonds is 48. The third-order valence-corrected chi connectivity index (χ3v) is 12.2. The Labute approximate surface area is 427 Å². The summed E-state index contributed by atoms with van der Waals surface area (Å²) in [4.78, 5) is 34.1. The Morgan fingerprint density at radius 1 is 0.295 bits per heavy atom. The van der Waals surface area contributed by atoms with Gasteiger partial charge in [0.2, 0.25) is 0 Å². The maximum atomic E-state index is 11.9. The molecule has 358 valence electrons. The van der Waals surface area contributed by atoms with Crippen molar-refractivity contribution in [1.29, 1.82) is 0 Å². The van der Waals surface area contributed by atoms with Gasteiger partial charge < -0.3 is 12.7 Å². The summed E-state index contributed by atoms with van der Waals surface area (Å²) in [6, 6.07) is 0. The number of carboxylic acids is 1. The fraction of sp³-hybridized carbons (Fsp3) is 0.944. The second-order valence-corrected chi connectivity index (χ2v) is 18.3. The van der Waals surface area contributed by atoms with Crippen LogP contribution in [-0.4, -0.2) is 60.8 Å². The standard InChI is InChI=1S/C36H70O3.C18H36O2.Ca.Zn.2H/c1-3-5-7-9-11-13-15-17-19-21-23-25-27-29-31-33-35(37)39-36(38)34-32-30-28-26-24-22-20-18-16-14-12-10-8-6-4-2;1-2-3-4-5-6-7-8-9-10-11-12-13-14-15-16-17-18(19)20;;;;/h3-34H2,1-2H3;2-17H2,1H3,(H,19,20);;;;/q;;+2;;2*-1. The minimum atomic E-state index is -0.653. The molecule has 0 rings (SSSR count). The summed E-state index contributed by atoms with van der Waals surface area (Å²) in [6.07, 6.45) is 60.3. The van der Waals surface area contributed by atoms with Crippen molar-refractivity contribution in [3.8, 4) is 0 Å². The van der Waals surface area contributed by atoms with Crippen LogP contribution in [0.25, 0.3) is 0 Å². The molecule has 0 saturated carbocycles. The first-order valence-corrected chi connectivity index (χ1v) is 26.9. The largest absolute Gasteiger partial charge is 2.00 e. The summed E-state index contributed by atoms with van der Waals surface area (Å²) < 4.78 is 5.01. The van der Waals surface area contributed by atoms with E-state index < -0.39 is 5.97 Å². The second kappa shape index (κ2) is 62.6. The van der Waals surface area contributed by atoms with E-state index in [0.29, 0.717) is 19.3 Å². The summed E-state index contributed by atoms with van der Waals surface area (Å²) in [5, 5.41) is 8.52. The van der Waals surface area contributed by atoms with E-state index in [1.54, 1.807) is 0 Å². The fourth-order valence-corrected chi connectivity index (χ4v) is 8.16. The molecule has 0 aliphatic heterocycles. The molecule has 0 amide bonds. The predicted octanol–water partition coefficient (Wildman–Crippen LogP) is 18.8. The molecule has 0 atom stereocenters. The van der Waals surface area contributed by atoms with Gasteiger partial charge in [-0.2, -0.15) is 0 Å². The van der Waals surface area contributed by atoms with Crippen LogP contribution in [0, 0.1) is 0 Å². The predicted molar refractivity (Wildman–Crippen MR) is 265 cm³/mol. The van der Waals surface area contributed by atoms with Crippen LogP contribution < -0.4 is 0 Å². The maximum Gasteiger partial charge on any atom is 2.00 e. The molecule has 0 unspecified atom stereocenters. The summed E-state index contributed by atoms with van der Waals surface area (Å²) in [7, 11) is 0. The van der Waals surface area contributed by atoms with E-state index in [-0.39, 0.29) is 72.0 Å². The normalized spacial score (nSPS) is 10.7. The van der Waals surface area contributed by atoms with E-state index in [1.165, 1.54) is 250 Å². The van der Waals surface area contributed by atoms with Crippen LogP contribution in [0.3, 0.4) is 0 Å². The number of hydrogen-bond acceptors (Lipinski definition) is 4. The number of carboxylic acid groups (broad SMARTS) is 1. The van der Waals surface area contributed by atoms with Gasteiger partial charge in [-0.25, -0.2) is 0 Å². The Morgan fingerprint density at radius 2 is 0.443 bits per heavy atom. The van der Waals surface area contributed by atoms with E-state index in [9.17, 15) is 14.4 Å². The molecule has 0 aromatic rings. The SMILES string of the molecule is CCCCCCCCCCCCCCCCCC(=O)O.CCCCCCCCCCCCCCCCCC(=O)OC(=O)CCCCCCCCCCCCCCCCC.[Ca+2].[H-].[H-].[Zn]. The van der Waals surface area contributed by atoms with Gasteiger partial charge in [-0.05, 0) is 19.3 Å². The molecule has 0 bridgehead atoms. The van der Waals surface area contributed by atoms with Crippen LogP contribution in [0.15, 0.2) is 0 Å². The van der Waals surface area contributed by atoms with Crippen LogP contribution in [0.5, 0.6) is 0 Å². The molecule has 61 heavy (non-hydrogen) atoms. The van der Waals surface area contributed by atoms with Crippen molar-refractivity contribution in [3.05, 3.63) is 0 Å². The molecule has 0 aliphatic carbocycles. The first-order chi connectivity index (χ1) is 29.0. The third kappa shape index (κ3) is 67.2. The van der Waals surface area contributed by atoms with Crippen LogP contribution in [0.2, 0.25) is 0 Å². The van der Waals surface area contributed by atoms with Crippen LogP contribution in [0.4, 0.5) is 0 Å². The summed E-state index contributed by atoms with van der Waals surface area (Å²) in [6.45, 7) is 6.82. The van der Waals surface area contributed by atoms with Gasteiger partial charge in [0.25, 0.3) is 0 Å². The first-order valence-electron chi connectivity index (χ1n) is 26.9. The Kier molecular flexibility index (Phi) is 69.8. The quantitative estimate of drug-likeness (QED) is 0.0284. The molecule has 1 N–H and O–H groups in total. The zero-order valence-corrected chi connectivity index (χ0v) is 47.1. The monoisotopic (exact) mass is 941 g/mol. The van der Waals surface area contributed by atoms with Gasteiger partial charge in [-0.1, -0.05) is 290 Å². The average molecular weight is 943 g/mol. The summed E-state index contributed by atoms with van der Waals surface area (Å²) in [5.74, 6) is -1.30. The number of esters is 2. The van der Waals surface area contributed by atoms with Gasteiger partial charge >= 0.3 is 55.6 Å². The molecule has 0 aliphatic rings. The molecule has 0 saturated heterocycles. The topological polar surface area (TPSA) is 80.7 Å². The van der Waals surface area contributed by atoms with Crippen molar-refractivity contribution in [1.82, 2.24) is 0 Å². The van der Waals surface area contributed by atoms with Gasteiger partial charge in [0.05, 0.1) is 0 Å². The zero-order valence-electron chi connectivity index (χ0n) is 43.9. The maximum absolute atomic E-state index is 11.9. The van der Waals surface area contributed by atoms with Crippen molar-refractivity contribution in [2.45, 2.75) is 329 Å². The molecule has 7 heteroatoms. The first kappa shape index (κ1) is 68.1. The number of ether oxygens (including phenoxy) is 1. The van der Waals surface area contributed by atoms with Crippen molar-refractivity contribution >= 4 is 55.6 Å². The summed E-state index contributed by atoms with van der Waals surface area (Å²) in [5.41, 5.74) is 0. The molecular weight excluding hydrogens is 834 g/mol. The third-order valence-electron chi connectivity index (χ3n) is 12.2. The Bertz CT molecular complexity index is 809. The number of aliphatic carboxylic acids is 1. The van der Waals surface area contributed by atoms with E-state index in [1.807, 2.05) is 0 Å². The zero-order chi connectivity index (χ0) is 43.4. The minimum absolute atomic E-state index is 0. The van der Waals surface area contributed by atoms with Crippen molar-refractivity contribution < 1.29 is 46.6 Å². The average Bonchev–Trinajstić information content (AvgIpc) is 3.22. The minimum Gasteiger partial charge on any atom is -1.00 e. The van der Waals surface area contributed by atoms with Crippen LogP contribution in [0.1, 0.15) is 332 Å². The van der Waals surface area contributed by atoms with Crippen molar-refractivity contribution in [2.75, 3.05) is 0 Å². The van der Waals surface area contributed by atoms with Gasteiger partial charge in [-0.3, -0.25) is 14.4 Å². The van der Waals surface area contributed by atoms with Gasteiger partial charge in [0, 0.05) is 38.7 Å². The van der Waals surface area contributed by atoms with Gasteiger partial charge in [-0.15, -0.1) is 0 Å². The summed E-state index contributed by atoms with van der Waals surface area (Å²) >= 11 is 0. The van der Waals surface area contributed by atoms with E-state index >= 15 is 0 Å². The molecule has 0 radical (unpaired) electrons. The van der Waals surface area contributed by atoms with Crippen LogP contribution in [-0.2, 0) is 38.6 Å². The molecule has 0 aromatic heterocycles. The Balaban J connectivity index is -0.000000289. The van der Waals surface area contributed by atoms with Gasteiger partial charge in [0.15, 0.2) is 0 Å². The molecule has 0 fully saturated rings. The molecular formula is C54H108CaO5Zn. The molecule has 0 aromatic carbocycles. The fourth-order valence-electron chi connectivity index (χ4n) is 8.16. The molecule has 0 heterocycles. The Hall–Kier alpha value is 0.493.